The molecule has 3 nitrogen and oxygen atoms in total. The maximum atomic E-state index is 11.2. The molecule has 0 N–H and O–H groups in total. The van der Waals surface area contributed by atoms with E-state index in [1.54, 1.807) is 36.4 Å². The summed E-state index contributed by atoms with van der Waals surface area (Å²) in [6.07, 6.45) is 61.8. The van der Waals surface area contributed by atoms with Crippen molar-refractivity contribution in [2.75, 3.05) is 0 Å². The Morgan fingerprint density at radius 3 is 0.543 bits per heavy atom. The number of unbranched alkanes of at least 4 members (excludes halogenated alkanes) is 39. The molecule has 0 fully saturated rings. The fraction of sp³-hybridized carbons (Fsp3) is 0.727. The second-order valence-corrected chi connectivity index (χ2v) is 21.0. The molecule has 0 unspecified atom stereocenters. The van der Waals surface area contributed by atoms with Gasteiger partial charge in [-0.3, -0.25) is 0 Å². The predicted molar refractivity (Wildman–Crippen MR) is 305 cm³/mol. The average Bonchev–Trinajstić information content (AvgIpc) is 3.35. The molecular formula is C66H111AlO3. The summed E-state index contributed by atoms with van der Waals surface area (Å²) in [6, 6.07) is 22.1. The molecule has 0 aliphatic rings. The number of hydrogen-bond acceptors (Lipinski definition) is 3. The van der Waals surface area contributed by atoms with Crippen LogP contribution in [0.4, 0.5) is 0 Å². The molecule has 0 saturated heterocycles. The Morgan fingerprint density at radius 2 is 0.386 bits per heavy atom. The third-order valence-electron chi connectivity index (χ3n) is 14.2. The van der Waals surface area contributed by atoms with Gasteiger partial charge < -0.3 is 15.3 Å². The molecule has 396 valence electrons. The smallest absolute Gasteiger partial charge is 0.872 e. The van der Waals surface area contributed by atoms with Crippen molar-refractivity contribution in [1.82, 2.24) is 0 Å². The van der Waals surface area contributed by atoms with Crippen molar-refractivity contribution in [3.8, 4) is 17.2 Å². The van der Waals surface area contributed by atoms with Crippen LogP contribution in [0.3, 0.4) is 0 Å². The minimum absolute atomic E-state index is 0. The summed E-state index contributed by atoms with van der Waals surface area (Å²) in [5, 5.41) is 33.7. The van der Waals surface area contributed by atoms with E-state index in [4.69, 9.17) is 0 Å². The third kappa shape index (κ3) is 47.9. The van der Waals surface area contributed by atoms with Gasteiger partial charge in [-0.2, -0.15) is 0 Å². The Balaban J connectivity index is 0.00000101. The summed E-state index contributed by atoms with van der Waals surface area (Å²) < 4.78 is 0. The fourth-order valence-electron chi connectivity index (χ4n) is 9.67. The summed E-state index contributed by atoms with van der Waals surface area (Å²) in [6.45, 7) is 6.85. The van der Waals surface area contributed by atoms with Gasteiger partial charge in [-0.05, 0) is 55.2 Å². The topological polar surface area (TPSA) is 69.2 Å². The Hall–Kier alpha value is -2.41. The molecule has 0 spiro atoms. The van der Waals surface area contributed by atoms with Crippen LogP contribution in [0.1, 0.15) is 307 Å². The standard InChI is InChI=1S/3C22H38O.Al/c3*1-2-3-4-5-6-7-8-9-10-11-12-13-14-15-17-21-18-16-19-22(23)20-21;/h3*16,18-20,23H,2-15,17H2,1H3;/q;;;+3/p-3. The fourth-order valence-corrected chi connectivity index (χ4v) is 9.67. The molecule has 0 bridgehead atoms. The molecule has 0 radical (unpaired) electrons. The zero-order valence-corrected chi connectivity index (χ0v) is 47.7. The van der Waals surface area contributed by atoms with Gasteiger partial charge in [0.15, 0.2) is 0 Å². The van der Waals surface area contributed by atoms with Crippen LogP contribution in [0, 0.1) is 0 Å². The first-order chi connectivity index (χ1) is 34.0. The number of rotatable bonds is 45. The second-order valence-electron chi connectivity index (χ2n) is 21.0. The molecule has 3 rings (SSSR count). The van der Waals surface area contributed by atoms with Gasteiger partial charge in [-0.25, -0.2) is 0 Å². The number of hydrogen-bond donors (Lipinski definition) is 0. The van der Waals surface area contributed by atoms with Crippen LogP contribution >= 0.6 is 0 Å². The van der Waals surface area contributed by atoms with Crippen molar-refractivity contribution in [2.24, 2.45) is 0 Å². The molecule has 0 atom stereocenters. The Labute approximate surface area is 446 Å². The molecule has 3 aromatic rings. The van der Waals surface area contributed by atoms with Crippen LogP contribution in [-0.2, 0) is 19.3 Å². The van der Waals surface area contributed by atoms with Crippen LogP contribution in [0.25, 0.3) is 0 Å². The van der Waals surface area contributed by atoms with Crippen molar-refractivity contribution in [1.29, 1.82) is 0 Å². The average molecular weight is 980 g/mol. The molecule has 4 heteroatoms. The van der Waals surface area contributed by atoms with E-state index in [2.05, 4.69) is 39.0 Å². The molecule has 0 heterocycles. The Kier molecular flexibility index (Phi) is 52.5. The van der Waals surface area contributed by atoms with Crippen LogP contribution < -0.4 is 15.3 Å². The van der Waals surface area contributed by atoms with Crippen molar-refractivity contribution in [3.05, 3.63) is 89.5 Å². The zero-order valence-electron chi connectivity index (χ0n) is 46.6. The van der Waals surface area contributed by atoms with Crippen molar-refractivity contribution >= 4 is 17.4 Å². The van der Waals surface area contributed by atoms with Crippen LogP contribution in [0.5, 0.6) is 17.2 Å². The van der Waals surface area contributed by atoms with Gasteiger partial charge in [0.05, 0.1) is 0 Å². The number of benzene rings is 3. The number of aryl methyl sites for hydroxylation is 3. The monoisotopic (exact) mass is 979 g/mol. The van der Waals surface area contributed by atoms with Crippen molar-refractivity contribution in [3.63, 3.8) is 0 Å². The molecular weight excluding hydrogens is 868 g/mol. The van der Waals surface area contributed by atoms with E-state index in [0.29, 0.717) is 0 Å². The molecule has 0 aromatic heterocycles. The van der Waals surface area contributed by atoms with Gasteiger partial charge in [0.1, 0.15) is 0 Å². The Bertz CT molecular complexity index is 1300. The van der Waals surface area contributed by atoms with E-state index >= 15 is 0 Å². The van der Waals surface area contributed by atoms with E-state index in [1.165, 1.54) is 286 Å². The van der Waals surface area contributed by atoms with E-state index in [1.807, 2.05) is 18.2 Å². The maximum Gasteiger partial charge on any atom is 3.00 e. The first kappa shape index (κ1) is 67.6. The summed E-state index contributed by atoms with van der Waals surface area (Å²) in [7, 11) is 0. The quantitative estimate of drug-likeness (QED) is 0.0418. The molecule has 0 amide bonds. The summed E-state index contributed by atoms with van der Waals surface area (Å²) in [5.41, 5.74) is 3.62. The zero-order chi connectivity index (χ0) is 49.8. The maximum absolute atomic E-state index is 11.2. The SMILES string of the molecule is CCCCCCCCCCCCCCCCc1cccc([O-])c1.CCCCCCCCCCCCCCCCc1cccc([O-])c1.CCCCCCCCCCCCCCCCc1cccc([O-])c1.[Al+3]. The van der Waals surface area contributed by atoms with E-state index in [9.17, 15) is 15.3 Å². The van der Waals surface area contributed by atoms with Crippen molar-refractivity contribution < 1.29 is 15.3 Å². The molecule has 70 heavy (non-hydrogen) atoms. The minimum Gasteiger partial charge on any atom is -0.872 e. The van der Waals surface area contributed by atoms with E-state index in [-0.39, 0.29) is 34.6 Å². The predicted octanol–water partition coefficient (Wildman–Crippen LogP) is 20.0. The van der Waals surface area contributed by atoms with Crippen molar-refractivity contribution in [2.45, 2.75) is 310 Å². The molecule has 3 aromatic carbocycles. The normalized spacial score (nSPS) is 10.8. The van der Waals surface area contributed by atoms with Crippen LogP contribution in [0.15, 0.2) is 72.8 Å². The minimum atomic E-state index is 0. The van der Waals surface area contributed by atoms with Gasteiger partial charge in [0.2, 0.25) is 0 Å². The van der Waals surface area contributed by atoms with Gasteiger partial charge in [-0.15, -0.1) is 17.2 Å². The van der Waals surface area contributed by atoms with Gasteiger partial charge in [0.25, 0.3) is 0 Å². The summed E-state index contributed by atoms with van der Waals surface area (Å²) in [5.74, 6) is 0.439. The molecule has 0 saturated carbocycles. The summed E-state index contributed by atoms with van der Waals surface area (Å²) >= 11 is 0. The van der Waals surface area contributed by atoms with Gasteiger partial charge >= 0.3 is 17.4 Å². The molecule has 0 aliphatic heterocycles. The van der Waals surface area contributed by atoms with E-state index < -0.39 is 0 Å². The summed E-state index contributed by atoms with van der Waals surface area (Å²) in [4.78, 5) is 0. The largest absolute Gasteiger partial charge is 3.00 e. The van der Waals surface area contributed by atoms with Gasteiger partial charge in [0, 0.05) is 0 Å². The van der Waals surface area contributed by atoms with Crippen LogP contribution in [0.2, 0.25) is 0 Å². The van der Waals surface area contributed by atoms with Gasteiger partial charge in [-0.1, -0.05) is 344 Å². The molecule has 0 aliphatic carbocycles. The van der Waals surface area contributed by atoms with Crippen LogP contribution in [-0.4, -0.2) is 17.4 Å². The first-order valence-electron chi connectivity index (χ1n) is 30.3. The third-order valence-corrected chi connectivity index (χ3v) is 14.2. The first-order valence-corrected chi connectivity index (χ1v) is 30.3. The Morgan fingerprint density at radius 1 is 0.229 bits per heavy atom. The second kappa shape index (κ2) is 54.4. The van der Waals surface area contributed by atoms with E-state index in [0.717, 1.165) is 19.3 Å².